The number of methoxy groups -OCH3 is 1. The summed E-state index contributed by atoms with van der Waals surface area (Å²) in [5, 5.41) is 3.24. The second-order valence-corrected chi connectivity index (χ2v) is 4.12. The van der Waals surface area contributed by atoms with E-state index in [1.54, 1.807) is 13.3 Å². The Balaban J connectivity index is 2.16. The Labute approximate surface area is 115 Å². The molecule has 1 aromatic rings. The minimum atomic E-state index is 0.563. The van der Waals surface area contributed by atoms with Crippen LogP contribution in [0.25, 0.3) is 0 Å². The average molecular weight is 268 g/mol. The number of aromatic nitrogens is 1. The van der Waals surface area contributed by atoms with Gasteiger partial charge >= 0.3 is 0 Å². The molecule has 0 saturated carbocycles. The topological polar surface area (TPSA) is 52.6 Å². The van der Waals surface area contributed by atoms with Crippen molar-refractivity contribution < 1.29 is 14.2 Å². The monoisotopic (exact) mass is 268 g/mol. The molecule has 0 radical (unpaired) electrons. The van der Waals surface area contributed by atoms with Crippen molar-refractivity contribution in [3.8, 4) is 5.75 Å². The lowest BCUT2D eigenvalue weighted by Gasteiger charge is -2.07. The van der Waals surface area contributed by atoms with Crippen molar-refractivity contribution in [2.24, 2.45) is 0 Å². The Hall–Kier alpha value is -1.17. The van der Waals surface area contributed by atoms with Crippen LogP contribution in [0.3, 0.4) is 0 Å². The molecule has 0 aliphatic rings. The Bertz CT molecular complexity index is 317. The molecule has 0 saturated heterocycles. The first-order valence-electron chi connectivity index (χ1n) is 6.72. The highest BCUT2D eigenvalue weighted by Gasteiger charge is 1.97. The van der Waals surface area contributed by atoms with Crippen LogP contribution in [0.4, 0.5) is 0 Å². The van der Waals surface area contributed by atoms with Crippen LogP contribution in [0.15, 0.2) is 18.3 Å². The minimum absolute atomic E-state index is 0.563. The van der Waals surface area contributed by atoms with Crippen molar-refractivity contribution in [2.75, 3.05) is 40.1 Å². The average Bonchev–Trinajstić information content (AvgIpc) is 2.45. The summed E-state index contributed by atoms with van der Waals surface area (Å²) in [4.78, 5) is 4.32. The van der Waals surface area contributed by atoms with E-state index in [2.05, 4.69) is 17.2 Å². The zero-order valence-electron chi connectivity index (χ0n) is 11.9. The summed E-state index contributed by atoms with van der Waals surface area (Å²) in [6.45, 7) is 6.33. The third kappa shape index (κ3) is 7.77. The van der Waals surface area contributed by atoms with Crippen molar-refractivity contribution in [3.63, 3.8) is 0 Å². The largest absolute Gasteiger partial charge is 0.490 e. The molecule has 0 aliphatic carbocycles. The van der Waals surface area contributed by atoms with E-state index < -0.39 is 0 Å². The molecule has 5 heteroatoms. The number of rotatable bonds is 11. The summed E-state index contributed by atoms with van der Waals surface area (Å²) in [5.74, 6) is 0.778. The van der Waals surface area contributed by atoms with Gasteiger partial charge in [0.2, 0.25) is 0 Å². The Morgan fingerprint density at radius 3 is 2.74 bits per heavy atom. The third-order valence-corrected chi connectivity index (χ3v) is 2.43. The quantitative estimate of drug-likeness (QED) is 0.618. The van der Waals surface area contributed by atoms with Gasteiger partial charge in [-0.3, -0.25) is 4.98 Å². The van der Waals surface area contributed by atoms with Gasteiger partial charge in [-0.25, -0.2) is 0 Å². The lowest BCUT2D eigenvalue weighted by molar-refractivity contribution is 0.100. The highest BCUT2D eigenvalue weighted by molar-refractivity contribution is 5.19. The van der Waals surface area contributed by atoms with Crippen LogP contribution < -0.4 is 10.1 Å². The zero-order valence-corrected chi connectivity index (χ0v) is 11.9. The van der Waals surface area contributed by atoms with Gasteiger partial charge in [-0.05, 0) is 18.6 Å². The predicted molar refractivity (Wildman–Crippen MR) is 74.4 cm³/mol. The standard InChI is InChI=1S/C14H24N2O3/c1-3-7-18-9-10-19-14-5-4-13(16-12-14)11-15-6-8-17-2/h4-5,12,15H,3,6-11H2,1-2H3. The summed E-state index contributed by atoms with van der Waals surface area (Å²) < 4.78 is 15.8. The van der Waals surface area contributed by atoms with Crippen LogP contribution in [-0.2, 0) is 16.0 Å². The first-order chi connectivity index (χ1) is 9.36. The van der Waals surface area contributed by atoms with Gasteiger partial charge in [-0.1, -0.05) is 6.92 Å². The highest BCUT2D eigenvalue weighted by atomic mass is 16.5. The molecule has 19 heavy (non-hydrogen) atoms. The Morgan fingerprint density at radius 1 is 1.16 bits per heavy atom. The number of hydrogen-bond acceptors (Lipinski definition) is 5. The molecule has 108 valence electrons. The van der Waals surface area contributed by atoms with Gasteiger partial charge in [-0.2, -0.15) is 0 Å². The molecule has 0 amide bonds. The van der Waals surface area contributed by atoms with Crippen molar-refractivity contribution >= 4 is 0 Å². The molecule has 0 unspecified atom stereocenters. The summed E-state index contributed by atoms with van der Waals surface area (Å²) >= 11 is 0. The van der Waals surface area contributed by atoms with Crippen molar-refractivity contribution in [1.82, 2.24) is 10.3 Å². The first-order valence-corrected chi connectivity index (χ1v) is 6.72. The second-order valence-electron chi connectivity index (χ2n) is 4.12. The summed E-state index contributed by atoms with van der Waals surface area (Å²) in [6.07, 6.45) is 2.78. The molecule has 0 atom stereocenters. The summed E-state index contributed by atoms with van der Waals surface area (Å²) in [5.41, 5.74) is 0.991. The van der Waals surface area contributed by atoms with Gasteiger partial charge in [0, 0.05) is 26.8 Å². The first kappa shape index (κ1) is 15.9. The third-order valence-electron chi connectivity index (χ3n) is 2.43. The molecule has 0 aliphatic heterocycles. The Kier molecular flexibility index (Phi) is 8.97. The van der Waals surface area contributed by atoms with Crippen LogP contribution in [0.2, 0.25) is 0 Å². The number of nitrogens with one attached hydrogen (secondary N) is 1. The number of pyridine rings is 1. The maximum atomic E-state index is 5.52. The van der Waals surface area contributed by atoms with E-state index >= 15 is 0 Å². The van der Waals surface area contributed by atoms with E-state index in [1.165, 1.54) is 0 Å². The van der Waals surface area contributed by atoms with Gasteiger partial charge in [0.05, 0.1) is 25.1 Å². The smallest absolute Gasteiger partial charge is 0.137 e. The van der Waals surface area contributed by atoms with Crippen LogP contribution in [0, 0.1) is 0 Å². The van der Waals surface area contributed by atoms with Crippen LogP contribution in [0.5, 0.6) is 5.75 Å². The summed E-state index contributed by atoms with van der Waals surface area (Å²) in [7, 11) is 1.69. The maximum Gasteiger partial charge on any atom is 0.137 e. The molecule has 0 bridgehead atoms. The van der Waals surface area contributed by atoms with Gasteiger partial charge in [0.1, 0.15) is 12.4 Å². The molecule has 5 nitrogen and oxygen atoms in total. The van der Waals surface area contributed by atoms with Crippen molar-refractivity contribution in [1.29, 1.82) is 0 Å². The number of nitrogens with zero attached hydrogens (tertiary/aromatic N) is 1. The zero-order chi connectivity index (χ0) is 13.8. The molecule has 1 heterocycles. The normalized spacial score (nSPS) is 10.6. The Morgan fingerprint density at radius 2 is 2.05 bits per heavy atom. The second kappa shape index (κ2) is 10.7. The lowest BCUT2D eigenvalue weighted by Crippen LogP contribution is -2.19. The summed E-state index contributed by atoms with van der Waals surface area (Å²) in [6, 6.07) is 3.89. The fraction of sp³-hybridized carbons (Fsp3) is 0.643. The highest BCUT2D eigenvalue weighted by Crippen LogP contribution is 2.08. The molecular formula is C14H24N2O3. The fourth-order valence-electron chi connectivity index (χ4n) is 1.46. The SMILES string of the molecule is CCCOCCOc1ccc(CNCCOC)nc1. The van der Waals surface area contributed by atoms with E-state index in [0.29, 0.717) is 19.8 Å². The fourth-order valence-corrected chi connectivity index (χ4v) is 1.46. The van der Waals surface area contributed by atoms with Gasteiger partial charge in [-0.15, -0.1) is 0 Å². The van der Waals surface area contributed by atoms with E-state index in [-0.39, 0.29) is 0 Å². The number of ether oxygens (including phenoxy) is 3. The lowest BCUT2D eigenvalue weighted by atomic mass is 10.3. The van der Waals surface area contributed by atoms with Gasteiger partial charge in [0.15, 0.2) is 0 Å². The van der Waals surface area contributed by atoms with Crippen LogP contribution in [-0.4, -0.2) is 45.1 Å². The number of hydrogen-bond donors (Lipinski definition) is 1. The van der Waals surface area contributed by atoms with Crippen LogP contribution >= 0.6 is 0 Å². The predicted octanol–water partition coefficient (Wildman–Crippen LogP) is 1.62. The molecule has 1 N–H and O–H groups in total. The van der Waals surface area contributed by atoms with E-state index in [1.807, 2.05) is 12.1 Å². The van der Waals surface area contributed by atoms with E-state index in [4.69, 9.17) is 14.2 Å². The van der Waals surface area contributed by atoms with Gasteiger partial charge in [0.25, 0.3) is 0 Å². The molecule has 1 rings (SSSR count). The van der Waals surface area contributed by atoms with E-state index in [9.17, 15) is 0 Å². The molecule has 0 spiro atoms. The molecule has 0 aromatic carbocycles. The minimum Gasteiger partial charge on any atom is -0.490 e. The maximum absolute atomic E-state index is 5.52. The van der Waals surface area contributed by atoms with Crippen LogP contribution in [0.1, 0.15) is 19.0 Å². The molecule has 1 aromatic heterocycles. The van der Waals surface area contributed by atoms with Gasteiger partial charge < -0.3 is 19.5 Å². The molecular weight excluding hydrogens is 244 g/mol. The van der Waals surface area contributed by atoms with E-state index in [0.717, 1.165) is 37.6 Å². The van der Waals surface area contributed by atoms with Crippen molar-refractivity contribution in [2.45, 2.75) is 19.9 Å². The van der Waals surface area contributed by atoms with Crippen molar-refractivity contribution in [3.05, 3.63) is 24.0 Å². The molecule has 0 fully saturated rings.